The van der Waals surface area contributed by atoms with E-state index in [2.05, 4.69) is 21.2 Å². The van der Waals surface area contributed by atoms with Crippen LogP contribution in [0.2, 0.25) is 0 Å². The summed E-state index contributed by atoms with van der Waals surface area (Å²) in [7, 11) is -3.24. The maximum Gasteiger partial charge on any atom is 0.238 e. The monoisotopic (exact) mass is 369 g/mol. The minimum absolute atomic E-state index is 0.0467. The fourth-order valence-electron chi connectivity index (χ4n) is 3.00. The van der Waals surface area contributed by atoms with Crippen LogP contribution in [0.5, 0.6) is 0 Å². The predicted octanol–water partition coefficient (Wildman–Crippen LogP) is -1.23. The highest BCUT2D eigenvalue weighted by Crippen LogP contribution is 2.21. The second-order valence-corrected chi connectivity index (χ2v) is 8.25. The number of nitrogens with one attached hydrogen (secondary N) is 3. The highest BCUT2D eigenvalue weighted by atomic mass is 32.2. The number of ether oxygens (including phenoxy) is 1. The zero-order chi connectivity index (χ0) is 17.9. The summed E-state index contributed by atoms with van der Waals surface area (Å²) in [6.07, 6.45) is 4.91. The molecule has 10 heteroatoms. The molecular weight excluding hydrogens is 346 g/mol. The number of sulfonamides is 1. The molecule has 3 N–H and O–H groups in total. The molecule has 2 aliphatic rings. The number of hydrogen-bond donors (Lipinski definition) is 3. The van der Waals surface area contributed by atoms with Crippen LogP contribution in [0.3, 0.4) is 0 Å². The number of aromatic nitrogens is 1. The maximum atomic E-state index is 12.3. The van der Waals surface area contributed by atoms with Gasteiger partial charge < -0.3 is 10.1 Å². The fraction of sp³-hybridized carbons (Fsp3) is 0.600. The van der Waals surface area contributed by atoms with Crippen molar-refractivity contribution in [1.29, 1.82) is 0 Å². The first-order valence-corrected chi connectivity index (χ1v) is 10.0. The number of morpholine rings is 1. The lowest BCUT2D eigenvalue weighted by Gasteiger charge is -2.31. The van der Waals surface area contributed by atoms with Gasteiger partial charge in [0.05, 0.1) is 19.0 Å². The van der Waals surface area contributed by atoms with E-state index in [1.807, 2.05) is 12.1 Å². The van der Waals surface area contributed by atoms with Crippen molar-refractivity contribution in [3.63, 3.8) is 0 Å². The predicted molar refractivity (Wildman–Crippen MR) is 90.8 cm³/mol. The van der Waals surface area contributed by atoms with E-state index in [1.54, 1.807) is 12.4 Å². The lowest BCUT2D eigenvalue weighted by atomic mass is 10.0. The van der Waals surface area contributed by atoms with Crippen molar-refractivity contribution >= 4 is 15.9 Å². The van der Waals surface area contributed by atoms with Gasteiger partial charge in [0.25, 0.3) is 0 Å². The summed E-state index contributed by atoms with van der Waals surface area (Å²) in [6.45, 7) is 1.23. The number of nitrogens with zero attached hydrogens (tertiary/aromatic N) is 2. The lowest BCUT2D eigenvalue weighted by Crippen LogP contribution is -2.51. The first-order chi connectivity index (χ1) is 11.9. The average Bonchev–Trinajstić information content (AvgIpc) is 3.10. The van der Waals surface area contributed by atoms with Crippen molar-refractivity contribution in [3.8, 4) is 0 Å². The largest absolute Gasteiger partial charge is 0.374 e. The summed E-state index contributed by atoms with van der Waals surface area (Å²) in [5, 5.41) is 2.84. The van der Waals surface area contributed by atoms with Gasteiger partial charge in [-0.25, -0.2) is 19.3 Å². The number of amides is 1. The molecular formula is C15H23N5O4S. The Labute approximate surface area is 147 Å². The molecule has 3 rings (SSSR count). The van der Waals surface area contributed by atoms with Gasteiger partial charge in [-0.2, -0.15) is 4.31 Å². The van der Waals surface area contributed by atoms with Gasteiger partial charge in [0, 0.05) is 38.1 Å². The quantitative estimate of drug-likeness (QED) is 0.595. The van der Waals surface area contributed by atoms with Crippen molar-refractivity contribution < 1.29 is 17.9 Å². The lowest BCUT2D eigenvalue weighted by molar-refractivity contribution is -0.123. The Bertz CT molecular complexity index is 699. The topological polar surface area (TPSA) is 113 Å². The third-order valence-electron chi connectivity index (χ3n) is 4.40. The molecule has 3 unspecified atom stereocenters. The molecule has 0 spiro atoms. The van der Waals surface area contributed by atoms with Crippen LogP contribution in [0, 0.1) is 0 Å². The van der Waals surface area contributed by atoms with Crippen LogP contribution in [0.25, 0.3) is 0 Å². The van der Waals surface area contributed by atoms with E-state index in [1.165, 1.54) is 10.6 Å². The van der Waals surface area contributed by atoms with Crippen LogP contribution >= 0.6 is 0 Å². The highest BCUT2D eigenvalue weighted by molar-refractivity contribution is 7.88. The molecule has 3 heterocycles. The van der Waals surface area contributed by atoms with Gasteiger partial charge in [0.2, 0.25) is 15.9 Å². The van der Waals surface area contributed by atoms with Gasteiger partial charge in [-0.15, -0.1) is 0 Å². The van der Waals surface area contributed by atoms with E-state index in [-0.39, 0.29) is 37.2 Å². The minimum Gasteiger partial charge on any atom is -0.374 e. The third kappa shape index (κ3) is 4.73. The Balaban J connectivity index is 1.47. The summed E-state index contributed by atoms with van der Waals surface area (Å²) in [5.74, 6) is -0.135. The Morgan fingerprint density at radius 2 is 2.16 bits per heavy atom. The molecule has 0 aromatic carbocycles. The number of hydrazine groups is 1. The minimum atomic E-state index is -3.24. The molecule has 1 aromatic heterocycles. The van der Waals surface area contributed by atoms with Crippen molar-refractivity contribution in [2.75, 3.05) is 32.5 Å². The van der Waals surface area contributed by atoms with Crippen molar-refractivity contribution in [2.24, 2.45) is 0 Å². The first-order valence-electron chi connectivity index (χ1n) is 8.19. The molecule has 1 aromatic rings. The van der Waals surface area contributed by atoms with Crippen molar-refractivity contribution in [2.45, 2.75) is 24.6 Å². The van der Waals surface area contributed by atoms with Crippen molar-refractivity contribution in [3.05, 3.63) is 30.1 Å². The molecule has 0 aliphatic carbocycles. The van der Waals surface area contributed by atoms with Crippen molar-refractivity contribution in [1.82, 2.24) is 25.5 Å². The number of rotatable bonds is 5. The Morgan fingerprint density at radius 3 is 2.88 bits per heavy atom. The molecule has 0 radical (unpaired) electrons. The van der Waals surface area contributed by atoms with Gasteiger partial charge >= 0.3 is 0 Å². The van der Waals surface area contributed by atoms with Crippen LogP contribution < -0.4 is 16.2 Å². The number of pyridine rings is 1. The Kier molecular flexibility index (Phi) is 5.64. The Morgan fingerprint density at radius 1 is 1.40 bits per heavy atom. The molecule has 2 saturated heterocycles. The highest BCUT2D eigenvalue weighted by Gasteiger charge is 2.31. The zero-order valence-corrected chi connectivity index (χ0v) is 14.8. The Hall–Kier alpha value is -1.59. The SMILES string of the molecule is CS(=O)(=O)N1CCOC(CNC(=O)C2CC(c3ccncc3)NN2)C1. The molecule has 0 saturated carbocycles. The molecule has 2 aliphatic heterocycles. The van der Waals surface area contributed by atoms with E-state index in [9.17, 15) is 13.2 Å². The summed E-state index contributed by atoms with van der Waals surface area (Å²) >= 11 is 0. The van der Waals surface area contributed by atoms with E-state index >= 15 is 0 Å². The second-order valence-electron chi connectivity index (χ2n) is 6.27. The van der Waals surface area contributed by atoms with Crippen LogP contribution in [0.15, 0.2) is 24.5 Å². The van der Waals surface area contributed by atoms with Gasteiger partial charge in [-0.1, -0.05) is 0 Å². The molecule has 2 fully saturated rings. The molecule has 9 nitrogen and oxygen atoms in total. The van der Waals surface area contributed by atoms with Crippen LogP contribution in [-0.4, -0.2) is 68.3 Å². The fourth-order valence-corrected chi connectivity index (χ4v) is 3.84. The normalized spacial score (nSPS) is 28.0. The standard InChI is InChI=1S/C15H23N5O4S/c1-25(22,23)20-6-7-24-12(10-20)9-17-15(21)14-8-13(18-19-14)11-2-4-16-5-3-11/h2-5,12-14,18-19H,6-10H2,1H3,(H,17,21). The van der Waals surface area contributed by atoms with Gasteiger partial charge in [0.1, 0.15) is 6.04 Å². The molecule has 1 amide bonds. The summed E-state index contributed by atoms with van der Waals surface area (Å²) in [4.78, 5) is 16.3. The number of carbonyl (C=O) groups excluding carboxylic acids is 1. The maximum absolute atomic E-state index is 12.3. The molecule has 138 valence electrons. The molecule has 3 atom stereocenters. The summed E-state index contributed by atoms with van der Waals surface area (Å²) in [6, 6.07) is 3.52. The molecule has 0 bridgehead atoms. The van der Waals surface area contributed by atoms with Crippen LogP contribution in [0.1, 0.15) is 18.0 Å². The number of carbonyl (C=O) groups is 1. The first kappa shape index (κ1) is 18.2. The van der Waals surface area contributed by atoms with Gasteiger partial charge in [-0.05, 0) is 24.1 Å². The van der Waals surface area contributed by atoms with E-state index in [0.717, 1.165) is 5.56 Å². The second kappa shape index (κ2) is 7.75. The zero-order valence-electron chi connectivity index (χ0n) is 14.0. The van der Waals surface area contributed by atoms with E-state index in [4.69, 9.17) is 4.74 Å². The van der Waals surface area contributed by atoms with Gasteiger partial charge in [-0.3, -0.25) is 9.78 Å². The smallest absolute Gasteiger partial charge is 0.238 e. The van der Waals surface area contributed by atoms with E-state index < -0.39 is 10.0 Å². The van der Waals surface area contributed by atoms with Gasteiger partial charge in [0.15, 0.2) is 0 Å². The van der Waals surface area contributed by atoms with Crippen LogP contribution in [-0.2, 0) is 19.6 Å². The number of hydrogen-bond acceptors (Lipinski definition) is 7. The summed E-state index contributed by atoms with van der Waals surface area (Å²) < 4.78 is 30.1. The van der Waals surface area contributed by atoms with E-state index in [0.29, 0.717) is 19.6 Å². The van der Waals surface area contributed by atoms with Crippen LogP contribution in [0.4, 0.5) is 0 Å². The average molecular weight is 369 g/mol. The third-order valence-corrected chi connectivity index (χ3v) is 5.67. The summed E-state index contributed by atoms with van der Waals surface area (Å²) in [5.41, 5.74) is 7.17. The molecule has 25 heavy (non-hydrogen) atoms.